The summed E-state index contributed by atoms with van der Waals surface area (Å²) in [6.45, 7) is 4.30. The first kappa shape index (κ1) is 21.7. The van der Waals surface area contributed by atoms with Crippen LogP contribution in [0, 0.1) is 0 Å². The van der Waals surface area contributed by atoms with Gasteiger partial charge in [0.2, 0.25) is 0 Å². The van der Waals surface area contributed by atoms with E-state index in [0.29, 0.717) is 22.4 Å². The van der Waals surface area contributed by atoms with Gasteiger partial charge in [-0.2, -0.15) is 0 Å². The maximum atomic E-state index is 13.5. The third-order valence-corrected chi connectivity index (χ3v) is 6.05. The van der Waals surface area contributed by atoms with Gasteiger partial charge in [-0.15, -0.1) is 0 Å². The molecule has 3 aromatic carbocycles. The lowest BCUT2D eigenvalue weighted by atomic mass is 10.1. The Balaban J connectivity index is 1.73. The van der Waals surface area contributed by atoms with Crippen LogP contribution in [0.5, 0.6) is 11.5 Å². The standard InChI is InChI=1S/C26H24N2O3S/c1-3-31-23-16-19(14-15-22(23)29)17-24-25(30)28(18(2)20-10-6-4-7-11-20)26(32-24)27-21-12-8-5-9-13-21/h4-18,29H,3H2,1-2H3/b24-17+,27-26?/t18-/m0/s1. The minimum atomic E-state index is -0.177. The van der Waals surface area contributed by atoms with E-state index in [1.807, 2.05) is 80.6 Å². The van der Waals surface area contributed by atoms with Crippen LogP contribution in [0.2, 0.25) is 0 Å². The summed E-state index contributed by atoms with van der Waals surface area (Å²) in [5.74, 6) is 0.363. The molecule has 0 aliphatic carbocycles. The van der Waals surface area contributed by atoms with E-state index in [1.165, 1.54) is 11.8 Å². The number of nitrogens with zero attached hydrogens (tertiary/aromatic N) is 2. The summed E-state index contributed by atoms with van der Waals surface area (Å²) in [5, 5.41) is 10.6. The van der Waals surface area contributed by atoms with Gasteiger partial charge in [-0.25, -0.2) is 4.99 Å². The number of ether oxygens (including phenoxy) is 1. The number of phenolic OH excluding ortho intramolecular Hbond substituents is 1. The second-order valence-electron chi connectivity index (χ2n) is 7.26. The number of aliphatic imine (C=N–C) groups is 1. The Labute approximate surface area is 192 Å². The summed E-state index contributed by atoms with van der Waals surface area (Å²) in [5.41, 5.74) is 2.60. The molecule has 0 bridgehead atoms. The maximum Gasteiger partial charge on any atom is 0.267 e. The molecule has 1 aliphatic heterocycles. The van der Waals surface area contributed by atoms with Gasteiger partial charge in [0.15, 0.2) is 16.7 Å². The Morgan fingerprint density at radius 2 is 1.75 bits per heavy atom. The molecule has 1 aliphatic rings. The van der Waals surface area contributed by atoms with Crippen molar-refractivity contribution in [1.29, 1.82) is 0 Å². The SMILES string of the molecule is CCOc1cc(/C=C2/SC(=Nc3ccccc3)N([C@@H](C)c3ccccc3)C2=O)ccc1O. The van der Waals surface area contributed by atoms with Gasteiger partial charge in [0.25, 0.3) is 5.91 Å². The van der Waals surface area contributed by atoms with Gasteiger partial charge >= 0.3 is 0 Å². The molecule has 4 rings (SSSR count). The summed E-state index contributed by atoms with van der Waals surface area (Å²) in [6, 6.07) is 24.4. The zero-order valence-electron chi connectivity index (χ0n) is 17.9. The summed E-state index contributed by atoms with van der Waals surface area (Å²) >= 11 is 1.35. The first-order chi connectivity index (χ1) is 15.6. The van der Waals surface area contributed by atoms with Gasteiger partial charge in [-0.05, 0) is 67.1 Å². The van der Waals surface area contributed by atoms with Crippen molar-refractivity contribution >= 4 is 34.6 Å². The molecule has 0 saturated carbocycles. The quantitative estimate of drug-likeness (QED) is 0.463. The molecule has 0 aromatic heterocycles. The summed E-state index contributed by atoms with van der Waals surface area (Å²) < 4.78 is 5.48. The predicted molar refractivity (Wildman–Crippen MR) is 130 cm³/mol. The molecule has 162 valence electrons. The van der Waals surface area contributed by atoms with E-state index in [4.69, 9.17) is 9.73 Å². The highest BCUT2D eigenvalue weighted by atomic mass is 32.2. The van der Waals surface area contributed by atoms with Crippen molar-refractivity contribution in [3.8, 4) is 11.5 Å². The van der Waals surface area contributed by atoms with Crippen molar-refractivity contribution in [2.75, 3.05) is 6.61 Å². The maximum absolute atomic E-state index is 13.5. The lowest BCUT2D eigenvalue weighted by Crippen LogP contribution is -2.32. The Kier molecular flexibility index (Phi) is 6.61. The van der Waals surface area contributed by atoms with E-state index in [1.54, 1.807) is 23.1 Å². The first-order valence-electron chi connectivity index (χ1n) is 10.4. The van der Waals surface area contributed by atoms with Gasteiger partial charge < -0.3 is 9.84 Å². The highest BCUT2D eigenvalue weighted by Gasteiger charge is 2.37. The Bertz CT molecular complexity index is 1160. The molecule has 1 atom stereocenters. The van der Waals surface area contributed by atoms with E-state index in [0.717, 1.165) is 16.8 Å². The van der Waals surface area contributed by atoms with Gasteiger partial charge in [-0.1, -0.05) is 54.6 Å². The molecule has 6 heteroatoms. The lowest BCUT2D eigenvalue weighted by Gasteiger charge is -2.24. The monoisotopic (exact) mass is 444 g/mol. The number of carbonyl (C=O) groups excluding carboxylic acids is 1. The third kappa shape index (κ3) is 4.70. The molecule has 32 heavy (non-hydrogen) atoms. The molecular formula is C26H24N2O3S. The number of phenols is 1. The Morgan fingerprint density at radius 3 is 2.44 bits per heavy atom. The molecule has 0 spiro atoms. The smallest absolute Gasteiger partial charge is 0.267 e. The van der Waals surface area contributed by atoms with Crippen molar-refractivity contribution in [3.05, 3.63) is 94.9 Å². The lowest BCUT2D eigenvalue weighted by molar-refractivity contribution is -0.123. The molecular weight excluding hydrogens is 420 g/mol. The second kappa shape index (κ2) is 9.75. The average molecular weight is 445 g/mol. The van der Waals surface area contributed by atoms with Crippen molar-refractivity contribution in [2.24, 2.45) is 4.99 Å². The number of carbonyl (C=O) groups is 1. The molecule has 5 nitrogen and oxygen atoms in total. The minimum absolute atomic E-state index is 0.0741. The zero-order valence-corrected chi connectivity index (χ0v) is 18.8. The molecule has 3 aromatic rings. The number of para-hydroxylation sites is 1. The fraction of sp³-hybridized carbons (Fsp3) is 0.154. The number of amidine groups is 1. The van der Waals surface area contributed by atoms with E-state index in [2.05, 4.69) is 0 Å². The molecule has 0 radical (unpaired) electrons. The highest BCUT2D eigenvalue weighted by Crippen LogP contribution is 2.39. The molecule has 0 unspecified atom stereocenters. The fourth-order valence-electron chi connectivity index (χ4n) is 3.44. The number of thioether (sulfide) groups is 1. The molecule has 1 N–H and O–H groups in total. The molecule has 1 fully saturated rings. The van der Waals surface area contributed by atoms with Crippen LogP contribution in [-0.4, -0.2) is 27.7 Å². The Hall–Kier alpha value is -3.51. The molecule has 1 saturated heterocycles. The third-order valence-electron chi connectivity index (χ3n) is 5.07. The Morgan fingerprint density at radius 1 is 1.06 bits per heavy atom. The number of benzene rings is 3. The van der Waals surface area contributed by atoms with Crippen LogP contribution < -0.4 is 4.74 Å². The van der Waals surface area contributed by atoms with Crippen molar-refractivity contribution < 1.29 is 14.6 Å². The van der Waals surface area contributed by atoms with Crippen LogP contribution in [0.15, 0.2) is 88.8 Å². The topological polar surface area (TPSA) is 62.1 Å². The van der Waals surface area contributed by atoms with Crippen LogP contribution in [-0.2, 0) is 4.79 Å². The van der Waals surface area contributed by atoms with Crippen LogP contribution in [0.1, 0.15) is 31.0 Å². The molecule has 1 amide bonds. The van der Waals surface area contributed by atoms with Crippen LogP contribution in [0.4, 0.5) is 5.69 Å². The number of amides is 1. The van der Waals surface area contributed by atoms with E-state index in [9.17, 15) is 9.90 Å². The van der Waals surface area contributed by atoms with Crippen LogP contribution in [0.25, 0.3) is 6.08 Å². The average Bonchev–Trinajstić information content (AvgIpc) is 3.11. The van der Waals surface area contributed by atoms with Crippen LogP contribution >= 0.6 is 11.8 Å². The predicted octanol–water partition coefficient (Wildman–Crippen LogP) is 6.16. The largest absolute Gasteiger partial charge is 0.504 e. The number of hydrogen-bond acceptors (Lipinski definition) is 5. The first-order valence-corrected chi connectivity index (χ1v) is 11.3. The minimum Gasteiger partial charge on any atom is -0.504 e. The summed E-state index contributed by atoms with van der Waals surface area (Å²) in [6.07, 6.45) is 1.81. The van der Waals surface area contributed by atoms with Crippen molar-refractivity contribution in [2.45, 2.75) is 19.9 Å². The normalized spacial score (nSPS) is 17.2. The number of rotatable bonds is 6. The van der Waals surface area contributed by atoms with Gasteiger partial charge in [0, 0.05) is 0 Å². The summed E-state index contributed by atoms with van der Waals surface area (Å²) in [4.78, 5) is 20.6. The highest BCUT2D eigenvalue weighted by molar-refractivity contribution is 8.18. The van der Waals surface area contributed by atoms with Crippen LogP contribution in [0.3, 0.4) is 0 Å². The van der Waals surface area contributed by atoms with Crippen molar-refractivity contribution in [3.63, 3.8) is 0 Å². The van der Waals surface area contributed by atoms with E-state index >= 15 is 0 Å². The van der Waals surface area contributed by atoms with Gasteiger partial charge in [0.05, 0.1) is 23.2 Å². The summed E-state index contributed by atoms with van der Waals surface area (Å²) in [7, 11) is 0. The zero-order chi connectivity index (χ0) is 22.5. The fourth-order valence-corrected chi connectivity index (χ4v) is 4.51. The number of hydrogen-bond donors (Lipinski definition) is 1. The molecule has 1 heterocycles. The van der Waals surface area contributed by atoms with Crippen molar-refractivity contribution in [1.82, 2.24) is 4.90 Å². The number of aromatic hydroxyl groups is 1. The van der Waals surface area contributed by atoms with Gasteiger partial charge in [0.1, 0.15) is 0 Å². The van der Waals surface area contributed by atoms with E-state index < -0.39 is 0 Å². The van der Waals surface area contributed by atoms with E-state index in [-0.39, 0.29) is 17.7 Å². The van der Waals surface area contributed by atoms with Gasteiger partial charge in [-0.3, -0.25) is 9.69 Å². The second-order valence-corrected chi connectivity index (χ2v) is 8.27.